The second kappa shape index (κ2) is 6.57. The van der Waals surface area contributed by atoms with Crippen LogP contribution in [-0.4, -0.2) is 25.2 Å². The van der Waals surface area contributed by atoms with Crippen LogP contribution in [0.4, 0.5) is 0 Å². The van der Waals surface area contributed by atoms with E-state index in [0.29, 0.717) is 6.54 Å². The molecule has 0 spiro atoms. The van der Waals surface area contributed by atoms with Crippen molar-refractivity contribution < 1.29 is 14.3 Å². The molecule has 0 radical (unpaired) electrons. The number of nitrogens with one attached hydrogen (secondary N) is 1. The van der Waals surface area contributed by atoms with Crippen LogP contribution in [0, 0.1) is 6.92 Å². The third-order valence-corrected chi connectivity index (χ3v) is 2.66. The molecule has 106 valence electrons. The Bertz CT molecular complexity index is 436. The van der Waals surface area contributed by atoms with Gasteiger partial charge in [0, 0.05) is 17.6 Å². The van der Waals surface area contributed by atoms with Gasteiger partial charge in [0.25, 0.3) is 0 Å². The van der Waals surface area contributed by atoms with Crippen LogP contribution >= 0.6 is 0 Å². The number of rotatable bonds is 5. The van der Waals surface area contributed by atoms with Gasteiger partial charge >= 0.3 is 5.97 Å². The van der Waals surface area contributed by atoms with Gasteiger partial charge in [-0.2, -0.15) is 0 Å². The van der Waals surface area contributed by atoms with E-state index < -0.39 is 0 Å². The number of aryl methyl sites for hydroxylation is 1. The van der Waals surface area contributed by atoms with Crippen molar-refractivity contribution in [3.8, 4) is 5.75 Å². The SMILES string of the molecule is COC(=O)COc1c(C)cccc1CNC(C)(C)C. The summed E-state index contributed by atoms with van der Waals surface area (Å²) in [6.45, 7) is 8.92. The molecule has 0 heterocycles. The van der Waals surface area contributed by atoms with Crippen molar-refractivity contribution >= 4 is 5.97 Å². The molecule has 0 saturated carbocycles. The fraction of sp³-hybridized carbons (Fsp3) is 0.533. The smallest absolute Gasteiger partial charge is 0.343 e. The quantitative estimate of drug-likeness (QED) is 0.831. The highest BCUT2D eigenvalue weighted by molar-refractivity contribution is 5.71. The van der Waals surface area contributed by atoms with E-state index >= 15 is 0 Å². The third kappa shape index (κ3) is 5.30. The maximum absolute atomic E-state index is 11.2. The van der Waals surface area contributed by atoms with Gasteiger partial charge in [0.2, 0.25) is 0 Å². The molecular formula is C15H23NO3. The number of esters is 1. The number of benzene rings is 1. The number of carbonyl (C=O) groups is 1. The monoisotopic (exact) mass is 265 g/mol. The normalized spacial score (nSPS) is 11.2. The van der Waals surface area contributed by atoms with E-state index in [4.69, 9.17) is 4.74 Å². The van der Waals surface area contributed by atoms with E-state index in [0.717, 1.165) is 16.9 Å². The van der Waals surface area contributed by atoms with Crippen LogP contribution in [0.2, 0.25) is 0 Å². The second-order valence-corrected chi connectivity index (χ2v) is 5.53. The van der Waals surface area contributed by atoms with E-state index in [9.17, 15) is 4.79 Å². The van der Waals surface area contributed by atoms with Crippen LogP contribution in [0.25, 0.3) is 0 Å². The highest BCUT2D eigenvalue weighted by Gasteiger charge is 2.13. The lowest BCUT2D eigenvalue weighted by Gasteiger charge is -2.22. The number of hydrogen-bond acceptors (Lipinski definition) is 4. The Balaban J connectivity index is 2.80. The molecule has 0 unspecified atom stereocenters. The van der Waals surface area contributed by atoms with E-state index in [2.05, 4.69) is 30.8 Å². The van der Waals surface area contributed by atoms with Gasteiger partial charge in [-0.3, -0.25) is 0 Å². The lowest BCUT2D eigenvalue weighted by Crippen LogP contribution is -2.35. The Morgan fingerprint density at radius 1 is 1.32 bits per heavy atom. The molecule has 0 atom stereocenters. The van der Waals surface area contributed by atoms with Crippen LogP contribution in [-0.2, 0) is 16.1 Å². The van der Waals surface area contributed by atoms with Crippen molar-refractivity contribution in [3.05, 3.63) is 29.3 Å². The van der Waals surface area contributed by atoms with Crippen LogP contribution < -0.4 is 10.1 Å². The van der Waals surface area contributed by atoms with Gasteiger partial charge in [-0.25, -0.2) is 4.79 Å². The molecule has 0 bridgehead atoms. The van der Waals surface area contributed by atoms with E-state index in [1.807, 2.05) is 25.1 Å². The first-order chi connectivity index (χ1) is 8.83. The Labute approximate surface area is 115 Å². The summed E-state index contributed by atoms with van der Waals surface area (Å²) in [5.41, 5.74) is 2.08. The van der Waals surface area contributed by atoms with Crippen molar-refractivity contribution in [1.82, 2.24) is 5.32 Å². The third-order valence-electron chi connectivity index (χ3n) is 2.66. The van der Waals surface area contributed by atoms with Crippen molar-refractivity contribution in [1.29, 1.82) is 0 Å². The average Bonchev–Trinajstić information content (AvgIpc) is 2.33. The van der Waals surface area contributed by atoms with Gasteiger partial charge in [0.1, 0.15) is 5.75 Å². The molecule has 4 heteroatoms. The van der Waals surface area contributed by atoms with Gasteiger partial charge in [0.05, 0.1) is 7.11 Å². The highest BCUT2D eigenvalue weighted by Crippen LogP contribution is 2.24. The molecule has 1 aromatic carbocycles. The Hall–Kier alpha value is -1.55. The zero-order chi connectivity index (χ0) is 14.5. The molecule has 0 amide bonds. The highest BCUT2D eigenvalue weighted by atomic mass is 16.6. The standard InChI is InChI=1S/C15H23NO3/c1-11-7-6-8-12(9-16-15(2,3)4)14(11)19-10-13(17)18-5/h6-8,16H,9-10H2,1-5H3. The van der Waals surface area contributed by atoms with E-state index in [1.165, 1.54) is 7.11 Å². The van der Waals surface area contributed by atoms with Crippen molar-refractivity contribution in [2.24, 2.45) is 0 Å². The summed E-state index contributed by atoms with van der Waals surface area (Å²) in [7, 11) is 1.35. The molecule has 0 aromatic heterocycles. The summed E-state index contributed by atoms with van der Waals surface area (Å²) >= 11 is 0. The molecule has 0 aliphatic carbocycles. The van der Waals surface area contributed by atoms with Gasteiger partial charge in [0.15, 0.2) is 6.61 Å². The fourth-order valence-electron chi connectivity index (χ4n) is 1.61. The van der Waals surface area contributed by atoms with Gasteiger partial charge in [-0.05, 0) is 33.3 Å². The predicted octanol–water partition coefficient (Wildman–Crippen LogP) is 2.43. The zero-order valence-corrected chi connectivity index (χ0v) is 12.4. The minimum absolute atomic E-state index is 0.0311. The molecule has 0 aliphatic rings. The number of ether oxygens (including phenoxy) is 2. The first kappa shape index (κ1) is 15.5. The Morgan fingerprint density at radius 2 is 2.00 bits per heavy atom. The van der Waals surface area contributed by atoms with Crippen LogP contribution in [0.1, 0.15) is 31.9 Å². The summed E-state index contributed by atoms with van der Waals surface area (Å²) in [6, 6.07) is 5.95. The molecule has 1 rings (SSSR count). The number of carbonyl (C=O) groups excluding carboxylic acids is 1. The summed E-state index contributed by atoms with van der Waals surface area (Å²) in [5, 5.41) is 3.41. The molecule has 0 fully saturated rings. The van der Waals surface area contributed by atoms with Crippen LogP contribution in [0.5, 0.6) is 5.75 Å². The summed E-state index contributed by atoms with van der Waals surface area (Å²) in [5.74, 6) is 0.377. The van der Waals surface area contributed by atoms with E-state index in [1.54, 1.807) is 0 Å². The number of methoxy groups -OCH3 is 1. The largest absolute Gasteiger partial charge is 0.481 e. The molecule has 4 nitrogen and oxygen atoms in total. The van der Waals surface area contributed by atoms with E-state index in [-0.39, 0.29) is 18.1 Å². The first-order valence-corrected chi connectivity index (χ1v) is 6.36. The fourth-order valence-corrected chi connectivity index (χ4v) is 1.61. The molecule has 19 heavy (non-hydrogen) atoms. The lowest BCUT2D eigenvalue weighted by atomic mass is 10.1. The van der Waals surface area contributed by atoms with Gasteiger partial charge in [-0.1, -0.05) is 18.2 Å². The second-order valence-electron chi connectivity index (χ2n) is 5.53. The average molecular weight is 265 g/mol. The summed E-state index contributed by atoms with van der Waals surface area (Å²) in [6.07, 6.45) is 0. The Morgan fingerprint density at radius 3 is 2.58 bits per heavy atom. The molecule has 1 N–H and O–H groups in total. The molecule has 0 aliphatic heterocycles. The minimum Gasteiger partial charge on any atom is -0.481 e. The van der Waals surface area contributed by atoms with Crippen molar-refractivity contribution in [2.75, 3.05) is 13.7 Å². The molecule has 0 saturated heterocycles. The zero-order valence-electron chi connectivity index (χ0n) is 12.4. The van der Waals surface area contributed by atoms with Crippen molar-refractivity contribution in [2.45, 2.75) is 39.8 Å². The van der Waals surface area contributed by atoms with Crippen LogP contribution in [0.3, 0.4) is 0 Å². The molecular weight excluding hydrogens is 242 g/mol. The van der Waals surface area contributed by atoms with Gasteiger partial charge in [-0.15, -0.1) is 0 Å². The lowest BCUT2D eigenvalue weighted by molar-refractivity contribution is -0.142. The number of hydrogen-bond donors (Lipinski definition) is 1. The Kier molecular flexibility index (Phi) is 5.36. The van der Waals surface area contributed by atoms with Crippen LogP contribution in [0.15, 0.2) is 18.2 Å². The first-order valence-electron chi connectivity index (χ1n) is 6.36. The van der Waals surface area contributed by atoms with Gasteiger partial charge < -0.3 is 14.8 Å². The summed E-state index contributed by atoms with van der Waals surface area (Å²) < 4.78 is 10.2. The summed E-state index contributed by atoms with van der Waals surface area (Å²) in [4.78, 5) is 11.2. The maximum Gasteiger partial charge on any atom is 0.343 e. The van der Waals surface area contributed by atoms with Crippen molar-refractivity contribution in [3.63, 3.8) is 0 Å². The molecule has 1 aromatic rings. The minimum atomic E-state index is -0.377. The topological polar surface area (TPSA) is 47.6 Å². The predicted molar refractivity (Wildman–Crippen MR) is 75.3 cm³/mol. The number of para-hydroxylation sites is 1. The maximum atomic E-state index is 11.2.